The lowest BCUT2D eigenvalue weighted by molar-refractivity contribution is 0.0180. The topological polar surface area (TPSA) is 78.7 Å². The van der Waals surface area contributed by atoms with Crippen LogP contribution >= 0.6 is 0 Å². The molecule has 0 saturated carbocycles. The van der Waals surface area contributed by atoms with Gasteiger partial charge in [-0.2, -0.15) is 0 Å². The fourth-order valence-electron chi connectivity index (χ4n) is 3.60. The molecule has 0 radical (unpaired) electrons. The highest BCUT2D eigenvalue weighted by Crippen LogP contribution is 2.24. The molecule has 7 nitrogen and oxygen atoms in total. The van der Waals surface area contributed by atoms with E-state index in [1.54, 1.807) is 19.4 Å². The molecule has 37 heavy (non-hydrogen) atoms. The summed E-state index contributed by atoms with van der Waals surface area (Å²) in [6.45, 7) is 6.10. The van der Waals surface area contributed by atoms with Crippen molar-refractivity contribution in [3.05, 3.63) is 48.0 Å². The Labute approximate surface area is 222 Å². The van der Waals surface area contributed by atoms with Crippen LogP contribution in [-0.2, 0) is 14.2 Å². The largest absolute Gasteiger partial charge is 0.507 e. The van der Waals surface area contributed by atoms with Crippen LogP contribution in [0.2, 0.25) is 0 Å². The first-order valence-corrected chi connectivity index (χ1v) is 13.6. The van der Waals surface area contributed by atoms with Crippen molar-refractivity contribution in [2.75, 3.05) is 53.4 Å². The van der Waals surface area contributed by atoms with E-state index < -0.39 is 0 Å². The number of phenolic OH excluding ortho intramolecular Hbond substituents is 1. The third kappa shape index (κ3) is 14.6. The van der Waals surface area contributed by atoms with E-state index in [-0.39, 0.29) is 5.75 Å². The van der Waals surface area contributed by atoms with E-state index in [1.807, 2.05) is 36.4 Å². The number of ether oxygens (including phenoxy) is 5. The summed E-state index contributed by atoms with van der Waals surface area (Å²) in [4.78, 5) is 4.45. The summed E-state index contributed by atoms with van der Waals surface area (Å²) in [5.41, 5.74) is 1.41. The summed E-state index contributed by atoms with van der Waals surface area (Å²) in [5.74, 6) is 1.59. The molecule has 0 aromatic heterocycles. The molecular formula is C30H45NO6. The zero-order valence-corrected chi connectivity index (χ0v) is 22.7. The molecule has 0 amide bonds. The minimum absolute atomic E-state index is 0.154. The monoisotopic (exact) mass is 515 g/mol. The van der Waals surface area contributed by atoms with Crippen LogP contribution in [0.1, 0.15) is 63.9 Å². The highest BCUT2D eigenvalue weighted by molar-refractivity contribution is 5.85. The SMILES string of the molecule is CCCCCCCCCCOc1ccc(C=Nc2ccc(OCCOCCOCCOC)cc2)c(O)c1. The van der Waals surface area contributed by atoms with Gasteiger partial charge in [0.25, 0.3) is 0 Å². The molecule has 0 aliphatic rings. The van der Waals surface area contributed by atoms with Crippen molar-refractivity contribution in [1.29, 1.82) is 0 Å². The number of nitrogens with zero attached hydrogens (tertiary/aromatic N) is 1. The number of unbranched alkanes of at least 4 members (excludes halogenated alkanes) is 7. The fourth-order valence-corrected chi connectivity index (χ4v) is 3.60. The Morgan fingerprint density at radius 1 is 0.676 bits per heavy atom. The fraction of sp³-hybridized carbons (Fsp3) is 0.567. The molecule has 206 valence electrons. The Kier molecular flexibility index (Phi) is 16.9. The van der Waals surface area contributed by atoms with Crippen molar-refractivity contribution < 1.29 is 28.8 Å². The van der Waals surface area contributed by atoms with Gasteiger partial charge in [0.15, 0.2) is 0 Å². The number of methoxy groups -OCH3 is 1. The number of aliphatic imine (C=N–C) groups is 1. The van der Waals surface area contributed by atoms with E-state index in [0.29, 0.717) is 57.6 Å². The van der Waals surface area contributed by atoms with Crippen molar-refractivity contribution in [3.8, 4) is 17.2 Å². The van der Waals surface area contributed by atoms with Crippen LogP contribution < -0.4 is 9.47 Å². The lowest BCUT2D eigenvalue weighted by Crippen LogP contribution is -2.12. The molecule has 0 bridgehead atoms. The molecule has 0 spiro atoms. The highest BCUT2D eigenvalue weighted by atomic mass is 16.6. The number of benzene rings is 2. The lowest BCUT2D eigenvalue weighted by Gasteiger charge is -2.08. The number of rotatable bonds is 22. The smallest absolute Gasteiger partial charge is 0.128 e. The van der Waals surface area contributed by atoms with Gasteiger partial charge in [-0.25, -0.2) is 0 Å². The standard InChI is InChI=1S/C30H45NO6/c1-3-4-5-6-7-8-9-10-17-36-29-14-11-26(30(32)24-29)25-31-27-12-15-28(16-13-27)37-23-22-35-21-20-34-19-18-33-2/h11-16,24-25,32H,3-10,17-23H2,1-2H3. The first kappa shape index (κ1) is 30.6. The number of phenols is 1. The molecule has 0 heterocycles. The average Bonchev–Trinajstić information content (AvgIpc) is 2.91. The maximum absolute atomic E-state index is 10.4. The second-order valence-corrected chi connectivity index (χ2v) is 8.86. The summed E-state index contributed by atoms with van der Waals surface area (Å²) in [7, 11) is 1.65. The third-order valence-electron chi connectivity index (χ3n) is 5.76. The lowest BCUT2D eigenvalue weighted by atomic mass is 10.1. The normalized spacial score (nSPS) is 11.3. The van der Waals surface area contributed by atoms with Crippen LogP contribution in [0.5, 0.6) is 17.2 Å². The van der Waals surface area contributed by atoms with Gasteiger partial charge in [-0.3, -0.25) is 4.99 Å². The Hall–Kier alpha value is -2.61. The van der Waals surface area contributed by atoms with Gasteiger partial charge in [0.05, 0.1) is 45.3 Å². The molecule has 2 aromatic rings. The Morgan fingerprint density at radius 3 is 1.95 bits per heavy atom. The molecule has 7 heteroatoms. The van der Waals surface area contributed by atoms with E-state index in [0.717, 1.165) is 17.9 Å². The van der Waals surface area contributed by atoms with Crippen LogP contribution in [0.15, 0.2) is 47.5 Å². The van der Waals surface area contributed by atoms with E-state index in [9.17, 15) is 5.11 Å². The van der Waals surface area contributed by atoms with E-state index >= 15 is 0 Å². The third-order valence-corrected chi connectivity index (χ3v) is 5.76. The summed E-state index contributed by atoms with van der Waals surface area (Å²) >= 11 is 0. The van der Waals surface area contributed by atoms with Crippen molar-refractivity contribution in [3.63, 3.8) is 0 Å². The molecule has 0 unspecified atom stereocenters. The molecule has 0 fully saturated rings. The molecule has 1 N–H and O–H groups in total. The first-order valence-electron chi connectivity index (χ1n) is 13.6. The van der Waals surface area contributed by atoms with E-state index in [2.05, 4.69) is 11.9 Å². The zero-order chi connectivity index (χ0) is 26.4. The van der Waals surface area contributed by atoms with Gasteiger partial charge in [-0.1, -0.05) is 51.9 Å². The molecule has 0 atom stereocenters. The molecular weight excluding hydrogens is 470 g/mol. The molecule has 0 saturated heterocycles. The van der Waals surface area contributed by atoms with Crippen molar-refractivity contribution in [2.45, 2.75) is 58.3 Å². The molecule has 2 rings (SSSR count). The van der Waals surface area contributed by atoms with Gasteiger partial charge < -0.3 is 28.8 Å². The Morgan fingerprint density at radius 2 is 1.27 bits per heavy atom. The predicted molar refractivity (Wildman–Crippen MR) is 149 cm³/mol. The zero-order valence-electron chi connectivity index (χ0n) is 22.7. The van der Waals surface area contributed by atoms with Crippen LogP contribution in [0.3, 0.4) is 0 Å². The quantitative estimate of drug-likeness (QED) is 0.138. The summed E-state index contributed by atoms with van der Waals surface area (Å²) in [6.07, 6.45) is 11.8. The Bertz CT molecular complexity index is 856. The predicted octanol–water partition coefficient (Wildman–Crippen LogP) is 6.72. The van der Waals surface area contributed by atoms with E-state index in [1.165, 1.54) is 44.9 Å². The Balaban J connectivity index is 1.62. The van der Waals surface area contributed by atoms with Crippen LogP contribution in [0, 0.1) is 0 Å². The van der Waals surface area contributed by atoms with Gasteiger partial charge in [0.2, 0.25) is 0 Å². The van der Waals surface area contributed by atoms with Crippen molar-refractivity contribution in [2.24, 2.45) is 4.99 Å². The second kappa shape index (κ2) is 20.4. The van der Waals surface area contributed by atoms with Gasteiger partial charge in [0.1, 0.15) is 23.9 Å². The average molecular weight is 516 g/mol. The molecule has 0 aliphatic carbocycles. The molecule has 0 aliphatic heterocycles. The van der Waals surface area contributed by atoms with Crippen LogP contribution in [-0.4, -0.2) is 64.7 Å². The summed E-state index contributed by atoms with van der Waals surface area (Å²) in [5, 5.41) is 10.4. The van der Waals surface area contributed by atoms with Gasteiger partial charge in [0, 0.05) is 25.0 Å². The second-order valence-electron chi connectivity index (χ2n) is 8.86. The highest BCUT2D eigenvalue weighted by Gasteiger charge is 2.03. The van der Waals surface area contributed by atoms with Crippen LogP contribution in [0.25, 0.3) is 0 Å². The van der Waals surface area contributed by atoms with Gasteiger partial charge in [-0.05, 0) is 42.8 Å². The van der Waals surface area contributed by atoms with Gasteiger partial charge >= 0.3 is 0 Å². The van der Waals surface area contributed by atoms with Crippen molar-refractivity contribution >= 4 is 11.9 Å². The molecule has 2 aromatic carbocycles. The summed E-state index contributed by atoms with van der Waals surface area (Å²) in [6, 6.07) is 12.8. The minimum atomic E-state index is 0.154. The minimum Gasteiger partial charge on any atom is -0.507 e. The number of aromatic hydroxyl groups is 1. The number of hydrogen-bond acceptors (Lipinski definition) is 7. The van der Waals surface area contributed by atoms with Gasteiger partial charge in [-0.15, -0.1) is 0 Å². The maximum Gasteiger partial charge on any atom is 0.128 e. The van der Waals surface area contributed by atoms with E-state index in [4.69, 9.17) is 23.7 Å². The summed E-state index contributed by atoms with van der Waals surface area (Å²) < 4.78 is 27.2. The maximum atomic E-state index is 10.4. The van der Waals surface area contributed by atoms with Crippen LogP contribution in [0.4, 0.5) is 5.69 Å². The number of hydrogen-bond donors (Lipinski definition) is 1. The first-order chi connectivity index (χ1) is 18.2. The van der Waals surface area contributed by atoms with Crippen molar-refractivity contribution in [1.82, 2.24) is 0 Å².